The van der Waals surface area contributed by atoms with E-state index in [4.69, 9.17) is 4.74 Å². The van der Waals surface area contributed by atoms with Gasteiger partial charge in [0.05, 0.1) is 18.7 Å². The SMILES string of the molecule is CCOC(=O)c1ccc(N(Cc2ccncc2)C(=O)c2ccc3ccccc3c2)cc1. The minimum atomic E-state index is -0.379. The highest BCUT2D eigenvalue weighted by atomic mass is 16.5. The van der Waals surface area contributed by atoms with Gasteiger partial charge < -0.3 is 9.64 Å². The van der Waals surface area contributed by atoms with Crippen molar-refractivity contribution in [1.82, 2.24) is 4.98 Å². The van der Waals surface area contributed by atoms with Crippen molar-refractivity contribution in [2.24, 2.45) is 0 Å². The van der Waals surface area contributed by atoms with Gasteiger partial charge in [0.15, 0.2) is 0 Å². The Hall–Kier alpha value is -3.99. The fourth-order valence-electron chi connectivity index (χ4n) is 3.42. The molecule has 5 heteroatoms. The molecule has 0 aliphatic carbocycles. The van der Waals surface area contributed by atoms with E-state index in [2.05, 4.69) is 4.98 Å². The molecule has 0 aliphatic rings. The number of pyridine rings is 1. The second kappa shape index (κ2) is 9.22. The van der Waals surface area contributed by atoms with Crippen molar-refractivity contribution >= 4 is 28.3 Å². The summed E-state index contributed by atoms with van der Waals surface area (Å²) in [5.41, 5.74) is 2.71. The molecule has 0 unspecified atom stereocenters. The maximum Gasteiger partial charge on any atom is 0.338 e. The zero-order valence-electron chi connectivity index (χ0n) is 17.2. The highest BCUT2D eigenvalue weighted by Gasteiger charge is 2.19. The molecule has 3 aromatic carbocycles. The minimum Gasteiger partial charge on any atom is -0.462 e. The number of carbonyl (C=O) groups is 2. The summed E-state index contributed by atoms with van der Waals surface area (Å²) in [7, 11) is 0. The second-order valence-corrected chi connectivity index (χ2v) is 7.08. The molecule has 1 amide bonds. The summed E-state index contributed by atoms with van der Waals surface area (Å²) >= 11 is 0. The van der Waals surface area contributed by atoms with E-state index >= 15 is 0 Å². The van der Waals surface area contributed by atoms with Crippen molar-refractivity contribution in [1.29, 1.82) is 0 Å². The first-order valence-electron chi connectivity index (χ1n) is 10.1. The van der Waals surface area contributed by atoms with E-state index < -0.39 is 0 Å². The van der Waals surface area contributed by atoms with Gasteiger partial charge in [0.1, 0.15) is 0 Å². The van der Waals surface area contributed by atoms with E-state index in [1.165, 1.54) is 0 Å². The minimum absolute atomic E-state index is 0.119. The van der Waals surface area contributed by atoms with Crippen LogP contribution in [0.5, 0.6) is 0 Å². The van der Waals surface area contributed by atoms with Gasteiger partial charge in [-0.05, 0) is 71.8 Å². The summed E-state index contributed by atoms with van der Waals surface area (Å²) < 4.78 is 5.06. The highest BCUT2D eigenvalue weighted by molar-refractivity contribution is 6.08. The number of hydrogen-bond acceptors (Lipinski definition) is 4. The van der Waals surface area contributed by atoms with E-state index in [0.29, 0.717) is 30.0 Å². The van der Waals surface area contributed by atoms with Crippen LogP contribution in [0.25, 0.3) is 10.8 Å². The fraction of sp³-hybridized carbons (Fsp3) is 0.115. The van der Waals surface area contributed by atoms with Crippen LogP contribution in [-0.4, -0.2) is 23.5 Å². The van der Waals surface area contributed by atoms with Crippen molar-refractivity contribution in [3.8, 4) is 0 Å². The number of aromatic nitrogens is 1. The molecule has 5 nitrogen and oxygen atoms in total. The van der Waals surface area contributed by atoms with Crippen LogP contribution in [0.15, 0.2) is 91.3 Å². The fourth-order valence-corrected chi connectivity index (χ4v) is 3.42. The van der Waals surface area contributed by atoms with E-state index in [1.54, 1.807) is 48.5 Å². The lowest BCUT2D eigenvalue weighted by molar-refractivity contribution is 0.0526. The van der Waals surface area contributed by atoms with Crippen molar-refractivity contribution in [3.63, 3.8) is 0 Å². The van der Waals surface area contributed by atoms with Crippen LogP contribution in [0.2, 0.25) is 0 Å². The van der Waals surface area contributed by atoms with Gasteiger partial charge >= 0.3 is 5.97 Å². The zero-order valence-corrected chi connectivity index (χ0v) is 17.2. The van der Waals surface area contributed by atoms with Crippen LogP contribution in [-0.2, 0) is 11.3 Å². The van der Waals surface area contributed by atoms with Gasteiger partial charge in [-0.1, -0.05) is 30.3 Å². The third kappa shape index (κ3) is 4.61. The molecule has 0 spiro atoms. The van der Waals surface area contributed by atoms with Gasteiger partial charge in [0, 0.05) is 23.6 Å². The van der Waals surface area contributed by atoms with E-state index in [1.807, 2.05) is 54.6 Å². The molecular weight excluding hydrogens is 388 g/mol. The maximum absolute atomic E-state index is 13.5. The third-order valence-corrected chi connectivity index (χ3v) is 5.02. The van der Waals surface area contributed by atoms with Crippen molar-refractivity contribution < 1.29 is 14.3 Å². The van der Waals surface area contributed by atoms with Gasteiger partial charge in [-0.2, -0.15) is 0 Å². The number of esters is 1. The molecule has 1 heterocycles. The van der Waals surface area contributed by atoms with Crippen molar-refractivity contribution in [2.75, 3.05) is 11.5 Å². The van der Waals surface area contributed by atoms with E-state index in [9.17, 15) is 9.59 Å². The number of carbonyl (C=O) groups excluding carboxylic acids is 2. The Bertz CT molecular complexity index is 1200. The summed E-state index contributed by atoms with van der Waals surface area (Å²) in [5.74, 6) is -0.498. The number of anilines is 1. The molecule has 0 radical (unpaired) electrons. The first-order chi connectivity index (χ1) is 15.2. The summed E-state index contributed by atoms with van der Waals surface area (Å²) in [4.78, 5) is 31.3. The van der Waals surface area contributed by atoms with Crippen LogP contribution in [0.4, 0.5) is 5.69 Å². The van der Waals surface area contributed by atoms with Gasteiger partial charge in [-0.25, -0.2) is 4.79 Å². The normalized spacial score (nSPS) is 10.6. The van der Waals surface area contributed by atoms with Crippen LogP contribution >= 0.6 is 0 Å². The summed E-state index contributed by atoms with van der Waals surface area (Å²) in [6.45, 7) is 2.47. The molecule has 4 rings (SSSR count). The molecule has 0 atom stereocenters. The van der Waals surface area contributed by atoms with Crippen LogP contribution in [0.3, 0.4) is 0 Å². The zero-order chi connectivity index (χ0) is 21.6. The number of fused-ring (bicyclic) bond motifs is 1. The molecule has 0 bridgehead atoms. The first kappa shape index (κ1) is 20.3. The molecule has 4 aromatic rings. The molecule has 0 aliphatic heterocycles. The number of nitrogens with zero attached hydrogens (tertiary/aromatic N) is 2. The van der Waals surface area contributed by atoms with E-state index in [-0.39, 0.29) is 11.9 Å². The van der Waals surface area contributed by atoms with Crippen molar-refractivity contribution in [2.45, 2.75) is 13.5 Å². The quantitative estimate of drug-likeness (QED) is 0.407. The lowest BCUT2D eigenvalue weighted by atomic mass is 10.1. The Labute approximate surface area is 180 Å². The Kier molecular flexibility index (Phi) is 6.03. The molecule has 154 valence electrons. The summed E-state index contributed by atoms with van der Waals surface area (Å²) in [6.07, 6.45) is 3.41. The molecule has 0 saturated carbocycles. The average Bonchev–Trinajstić information content (AvgIpc) is 2.83. The average molecular weight is 410 g/mol. The van der Waals surface area contributed by atoms with Crippen LogP contribution in [0.1, 0.15) is 33.2 Å². The molecule has 31 heavy (non-hydrogen) atoms. The number of benzene rings is 3. The molecule has 0 N–H and O–H groups in total. The Balaban J connectivity index is 1.69. The van der Waals surface area contributed by atoms with Crippen molar-refractivity contribution in [3.05, 3.63) is 108 Å². The lowest BCUT2D eigenvalue weighted by Crippen LogP contribution is -2.30. The molecule has 1 aromatic heterocycles. The Morgan fingerprint density at radius 3 is 2.23 bits per heavy atom. The number of rotatable bonds is 6. The van der Waals surface area contributed by atoms with Gasteiger partial charge in [0.2, 0.25) is 0 Å². The van der Waals surface area contributed by atoms with Crippen LogP contribution < -0.4 is 4.90 Å². The monoisotopic (exact) mass is 410 g/mol. The number of ether oxygens (including phenoxy) is 1. The van der Waals surface area contributed by atoms with Gasteiger partial charge in [0.25, 0.3) is 5.91 Å². The standard InChI is InChI=1S/C26H22N2O3/c1-2-31-26(30)21-9-11-24(12-10-21)28(18-19-13-15-27-16-14-19)25(29)23-8-7-20-5-3-4-6-22(20)17-23/h3-17H,2,18H2,1H3. The molecule has 0 fully saturated rings. The highest BCUT2D eigenvalue weighted by Crippen LogP contribution is 2.23. The molecular formula is C26H22N2O3. The predicted octanol–water partition coefficient (Wildman–Crippen LogP) is 5.26. The van der Waals surface area contributed by atoms with Gasteiger partial charge in [-0.3, -0.25) is 9.78 Å². The topological polar surface area (TPSA) is 59.5 Å². The predicted molar refractivity (Wildman–Crippen MR) is 121 cm³/mol. The van der Waals surface area contributed by atoms with Crippen LogP contribution in [0, 0.1) is 0 Å². The third-order valence-electron chi connectivity index (χ3n) is 5.02. The van der Waals surface area contributed by atoms with Gasteiger partial charge in [-0.15, -0.1) is 0 Å². The lowest BCUT2D eigenvalue weighted by Gasteiger charge is -2.23. The number of amides is 1. The molecule has 0 saturated heterocycles. The Morgan fingerprint density at radius 2 is 1.52 bits per heavy atom. The Morgan fingerprint density at radius 1 is 0.839 bits per heavy atom. The second-order valence-electron chi connectivity index (χ2n) is 7.08. The summed E-state index contributed by atoms with van der Waals surface area (Å²) in [5, 5.41) is 2.09. The van der Waals surface area contributed by atoms with E-state index in [0.717, 1.165) is 16.3 Å². The number of hydrogen-bond donors (Lipinski definition) is 0. The largest absolute Gasteiger partial charge is 0.462 e. The smallest absolute Gasteiger partial charge is 0.338 e. The first-order valence-corrected chi connectivity index (χ1v) is 10.1. The maximum atomic E-state index is 13.5. The summed E-state index contributed by atoms with van der Waals surface area (Å²) in [6, 6.07) is 24.3.